The van der Waals surface area contributed by atoms with E-state index in [1.54, 1.807) is 0 Å². The standard InChI is InChI=1S/C17H30N2O/c1-3-11-4-8-14(9-5-11)19(2)17(20)15-12-6-7-13(10-12)16(15)18/h11-16H,3-10,18H2,1-2H3. The molecule has 3 saturated carbocycles. The van der Waals surface area contributed by atoms with E-state index >= 15 is 0 Å². The number of rotatable bonds is 3. The zero-order chi connectivity index (χ0) is 14.3. The van der Waals surface area contributed by atoms with E-state index in [1.165, 1.54) is 51.4 Å². The molecule has 3 rings (SSSR count). The van der Waals surface area contributed by atoms with Crippen LogP contribution in [-0.2, 0) is 4.79 Å². The summed E-state index contributed by atoms with van der Waals surface area (Å²) in [5, 5.41) is 0. The van der Waals surface area contributed by atoms with Gasteiger partial charge in [-0.15, -0.1) is 0 Å². The SMILES string of the molecule is CCC1CCC(N(C)C(=O)C2C3CCC(C3)C2N)CC1. The molecule has 0 aromatic carbocycles. The summed E-state index contributed by atoms with van der Waals surface area (Å²) in [4.78, 5) is 14.9. The second-order valence-corrected chi connectivity index (χ2v) is 7.47. The lowest BCUT2D eigenvalue weighted by Gasteiger charge is -2.38. The number of amides is 1. The molecular weight excluding hydrogens is 248 g/mol. The summed E-state index contributed by atoms with van der Waals surface area (Å²) in [7, 11) is 2.03. The zero-order valence-electron chi connectivity index (χ0n) is 13.1. The first-order valence-electron chi connectivity index (χ1n) is 8.64. The van der Waals surface area contributed by atoms with Crippen molar-refractivity contribution < 1.29 is 4.79 Å². The average Bonchev–Trinajstić information content (AvgIpc) is 3.07. The van der Waals surface area contributed by atoms with Crippen molar-refractivity contribution in [1.82, 2.24) is 4.90 Å². The van der Waals surface area contributed by atoms with Crippen LogP contribution >= 0.6 is 0 Å². The molecule has 0 spiro atoms. The summed E-state index contributed by atoms with van der Waals surface area (Å²) in [5.74, 6) is 2.57. The molecule has 3 aliphatic rings. The highest BCUT2D eigenvalue weighted by Gasteiger charge is 2.50. The van der Waals surface area contributed by atoms with Gasteiger partial charge in [-0.2, -0.15) is 0 Å². The monoisotopic (exact) mass is 278 g/mol. The molecule has 4 atom stereocenters. The largest absolute Gasteiger partial charge is 0.342 e. The van der Waals surface area contributed by atoms with Crippen LogP contribution in [0.3, 0.4) is 0 Å². The van der Waals surface area contributed by atoms with E-state index in [4.69, 9.17) is 5.73 Å². The summed E-state index contributed by atoms with van der Waals surface area (Å²) >= 11 is 0. The van der Waals surface area contributed by atoms with E-state index in [9.17, 15) is 4.79 Å². The molecular formula is C17H30N2O. The molecule has 2 bridgehead atoms. The van der Waals surface area contributed by atoms with Crippen LogP contribution in [0.2, 0.25) is 0 Å². The first-order chi connectivity index (χ1) is 9.61. The van der Waals surface area contributed by atoms with Crippen molar-refractivity contribution in [2.75, 3.05) is 7.05 Å². The fourth-order valence-corrected chi connectivity index (χ4v) is 5.06. The molecule has 4 unspecified atom stereocenters. The van der Waals surface area contributed by atoms with Gasteiger partial charge in [0, 0.05) is 19.1 Å². The summed E-state index contributed by atoms with van der Waals surface area (Å²) in [5.41, 5.74) is 6.33. The lowest BCUT2D eigenvalue weighted by molar-refractivity contribution is -0.139. The molecule has 20 heavy (non-hydrogen) atoms. The summed E-state index contributed by atoms with van der Waals surface area (Å²) in [6, 6.07) is 0.604. The predicted octanol–water partition coefficient (Wildman–Crippen LogP) is 2.79. The Hall–Kier alpha value is -0.570. The first kappa shape index (κ1) is 14.4. The van der Waals surface area contributed by atoms with Crippen molar-refractivity contribution in [2.45, 2.75) is 70.4 Å². The van der Waals surface area contributed by atoms with E-state index in [0.717, 1.165) is 5.92 Å². The Morgan fingerprint density at radius 3 is 2.30 bits per heavy atom. The Labute approximate surface area is 123 Å². The molecule has 114 valence electrons. The summed E-state index contributed by atoms with van der Waals surface area (Å²) in [6.07, 6.45) is 9.94. The Morgan fingerprint density at radius 2 is 1.75 bits per heavy atom. The topological polar surface area (TPSA) is 46.3 Å². The van der Waals surface area contributed by atoms with Crippen LogP contribution in [0, 0.1) is 23.7 Å². The third-order valence-electron chi connectivity index (χ3n) is 6.55. The van der Waals surface area contributed by atoms with Gasteiger partial charge in [-0.25, -0.2) is 0 Å². The van der Waals surface area contributed by atoms with Crippen molar-refractivity contribution in [1.29, 1.82) is 0 Å². The number of carbonyl (C=O) groups is 1. The maximum Gasteiger partial charge on any atom is 0.227 e. The Kier molecular flexibility index (Phi) is 4.07. The number of fused-ring (bicyclic) bond motifs is 2. The van der Waals surface area contributed by atoms with Gasteiger partial charge >= 0.3 is 0 Å². The fourth-order valence-electron chi connectivity index (χ4n) is 5.06. The van der Waals surface area contributed by atoms with Crippen LogP contribution in [0.25, 0.3) is 0 Å². The van der Waals surface area contributed by atoms with Crippen LogP contribution in [0.4, 0.5) is 0 Å². The maximum atomic E-state index is 12.8. The second-order valence-electron chi connectivity index (χ2n) is 7.47. The Bertz CT molecular complexity index is 360. The molecule has 3 heteroatoms. The van der Waals surface area contributed by atoms with Gasteiger partial charge in [0.25, 0.3) is 0 Å². The number of hydrogen-bond donors (Lipinski definition) is 1. The molecule has 3 aliphatic carbocycles. The van der Waals surface area contributed by atoms with E-state index in [2.05, 4.69) is 11.8 Å². The minimum Gasteiger partial charge on any atom is -0.342 e. The minimum atomic E-state index is 0.127. The summed E-state index contributed by atoms with van der Waals surface area (Å²) < 4.78 is 0. The molecule has 0 aromatic heterocycles. The molecule has 3 fully saturated rings. The molecule has 3 nitrogen and oxygen atoms in total. The molecule has 0 aliphatic heterocycles. The molecule has 0 aromatic rings. The highest BCUT2D eigenvalue weighted by Crippen LogP contribution is 2.48. The van der Waals surface area contributed by atoms with Crippen LogP contribution in [-0.4, -0.2) is 29.9 Å². The van der Waals surface area contributed by atoms with Crippen LogP contribution in [0.15, 0.2) is 0 Å². The number of carbonyl (C=O) groups excluding carboxylic acids is 1. The molecule has 0 radical (unpaired) electrons. The highest BCUT2D eigenvalue weighted by atomic mass is 16.2. The predicted molar refractivity (Wildman–Crippen MR) is 81.1 cm³/mol. The Balaban J connectivity index is 1.60. The zero-order valence-corrected chi connectivity index (χ0v) is 13.1. The third kappa shape index (κ3) is 2.38. The number of nitrogens with zero attached hydrogens (tertiary/aromatic N) is 1. The first-order valence-corrected chi connectivity index (χ1v) is 8.64. The molecule has 0 heterocycles. The summed E-state index contributed by atoms with van der Waals surface area (Å²) in [6.45, 7) is 2.29. The van der Waals surface area contributed by atoms with E-state index in [-0.39, 0.29) is 12.0 Å². The fraction of sp³-hybridized carbons (Fsp3) is 0.941. The van der Waals surface area contributed by atoms with Gasteiger partial charge in [0.1, 0.15) is 0 Å². The smallest absolute Gasteiger partial charge is 0.227 e. The van der Waals surface area contributed by atoms with Crippen LogP contribution in [0.1, 0.15) is 58.3 Å². The third-order valence-corrected chi connectivity index (χ3v) is 6.55. The van der Waals surface area contributed by atoms with Gasteiger partial charge < -0.3 is 10.6 Å². The van der Waals surface area contributed by atoms with Crippen molar-refractivity contribution in [2.24, 2.45) is 29.4 Å². The second kappa shape index (κ2) is 5.67. The quantitative estimate of drug-likeness (QED) is 0.863. The Morgan fingerprint density at radius 1 is 1.10 bits per heavy atom. The van der Waals surface area contributed by atoms with E-state index in [0.29, 0.717) is 23.8 Å². The van der Waals surface area contributed by atoms with Crippen LogP contribution in [0.5, 0.6) is 0 Å². The minimum absolute atomic E-state index is 0.127. The lowest BCUT2D eigenvalue weighted by Crippen LogP contribution is -2.49. The van der Waals surface area contributed by atoms with Gasteiger partial charge in [-0.1, -0.05) is 13.3 Å². The van der Waals surface area contributed by atoms with Crippen molar-refractivity contribution in [3.63, 3.8) is 0 Å². The van der Waals surface area contributed by atoms with E-state index < -0.39 is 0 Å². The molecule has 1 amide bonds. The number of hydrogen-bond acceptors (Lipinski definition) is 2. The number of nitrogens with two attached hydrogens (primary N) is 1. The van der Waals surface area contributed by atoms with Crippen LogP contribution < -0.4 is 5.73 Å². The normalized spacial score (nSPS) is 43.8. The molecule has 2 N–H and O–H groups in total. The van der Waals surface area contributed by atoms with Crippen molar-refractivity contribution >= 4 is 5.91 Å². The van der Waals surface area contributed by atoms with Gasteiger partial charge in [-0.3, -0.25) is 4.79 Å². The van der Waals surface area contributed by atoms with E-state index in [1.807, 2.05) is 7.05 Å². The highest BCUT2D eigenvalue weighted by molar-refractivity contribution is 5.80. The lowest BCUT2D eigenvalue weighted by atomic mass is 9.81. The van der Waals surface area contributed by atoms with Gasteiger partial charge in [-0.05, 0) is 62.7 Å². The van der Waals surface area contributed by atoms with Crippen molar-refractivity contribution in [3.05, 3.63) is 0 Å². The maximum absolute atomic E-state index is 12.8. The van der Waals surface area contributed by atoms with Gasteiger partial charge in [0.15, 0.2) is 0 Å². The van der Waals surface area contributed by atoms with Crippen molar-refractivity contribution in [3.8, 4) is 0 Å². The van der Waals surface area contributed by atoms with Gasteiger partial charge in [0.2, 0.25) is 5.91 Å². The molecule has 0 saturated heterocycles. The van der Waals surface area contributed by atoms with Gasteiger partial charge in [0.05, 0.1) is 5.92 Å². The average molecular weight is 278 g/mol.